The van der Waals surface area contributed by atoms with E-state index < -0.39 is 0 Å². The molecule has 0 spiro atoms. The van der Waals surface area contributed by atoms with Gasteiger partial charge in [0, 0.05) is 28.5 Å². The van der Waals surface area contributed by atoms with E-state index in [0.29, 0.717) is 6.04 Å². The predicted octanol–water partition coefficient (Wildman–Crippen LogP) is 3.54. The van der Waals surface area contributed by atoms with Crippen LogP contribution in [0.1, 0.15) is 17.7 Å². The Morgan fingerprint density at radius 3 is 3.00 bits per heavy atom. The van der Waals surface area contributed by atoms with Crippen molar-refractivity contribution < 1.29 is 4.74 Å². The summed E-state index contributed by atoms with van der Waals surface area (Å²) in [6, 6.07) is 2.68. The standard InChI is InChI=1S/C10H13Br2NOS/c11-9-4-8(15-10(9)12)5-13-7-2-1-3-14-6-7/h4,7,13H,1-3,5-6H2. The molecule has 1 aromatic heterocycles. The number of hydrogen-bond acceptors (Lipinski definition) is 3. The molecule has 1 aromatic rings. The van der Waals surface area contributed by atoms with Crippen LogP contribution in [0.25, 0.3) is 0 Å². The van der Waals surface area contributed by atoms with E-state index in [1.165, 1.54) is 21.5 Å². The summed E-state index contributed by atoms with van der Waals surface area (Å²) in [5.41, 5.74) is 0. The number of rotatable bonds is 3. The SMILES string of the molecule is Brc1cc(CNC2CCCOC2)sc1Br. The van der Waals surface area contributed by atoms with Gasteiger partial charge in [-0.05, 0) is 50.8 Å². The van der Waals surface area contributed by atoms with Crippen molar-refractivity contribution in [1.82, 2.24) is 5.32 Å². The third-order valence-corrected chi connectivity index (χ3v) is 5.68. The zero-order chi connectivity index (χ0) is 10.7. The van der Waals surface area contributed by atoms with Crippen LogP contribution >= 0.6 is 43.2 Å². The van der Waals surface area contributed by atoms with Crippen molar-refractivity contribution in [2.75, 3.05) is 13.2 Å². The Morgan fingerprint density at radius 2 is 2.40 bits per heavy atom. The van der Waals surface area contributed by atoms with Crippen molar-refractivity contribution in [2.45, 2.75) is 25.4 Å². The highest BCUT2D eigenvalue weighted by molar-refractivity contribution is 9.13. The van der Waals surface area contributed by atoms with Crippen LogP contribution in [0.2, 0.25) is 0 Å². The first kappa shape index (κ1) is 12.0. The lowest BCUT2D eigenvalue weighted by atomic mass is 10.1. The van der Waals surface area contributed by atoms with Crippen LogP contribution in [0.15, 0.2) is 14.3 Å². The third-order valence-electron chi connectivity index (χ3n) is 2.42. The van der Waals surface area contributed by atoms with Gasteiger partial charge in [0.1, 0.15) is 0 Å². The van der Waals surface area contributed by atoms with Crippen LogP contribution in [0, 0.1) is 0 Å². The summed E-state index contributed by atoms with van der Waals surface area (Å²) in [5.74, 6) is 0. The monoisotopic (exact) mass is 353 g/mol. The van der Waals surface area contributed by atoms with Crippen LogP contribution in [-0.2, 0) is 11.3 Å². The number of halogens is 2. The molecule has 1 aliphatic rings. The Labute approximate surface area is 111 Å². The second kappa shape index (κ2) is 5.77. The summed E-state index contributed by atoms with van der Waals surface area (Å²) in [4.78, 5) is 1.35. The summed E-state index contributed by atoms with van der Waals surface area (Å²) in [6.07, 6.45) is 2.41. The summed E-state index contributed by atoms with van der Waals surface area (Å²) < 4.78 is 7.73. The number of thiophene rings is 1. The van der Waals surface area contributed by atoms with Crippen LogP contribution in [0.3, 0.4) is 0 Å². The summed E-state index contributed by atoms with van der Waals surface area (Å²) >= 11 is 8.76. The lowest BCUT2D eigenvalue weighted by Crippen LogP contribution is -2.36. The zero-order valence-corrected chi connectivity index (χ0v) is 12.3. The minimum Gasteiger partial charge on any atom is -0.380 e. The fourth-order valence-corrected chi connectivity index (χ4v) is 3.75. The molecular weight excluding hydrogens is 342 g/mol. The molecule has 1 saturated heterocycles. The van der Waals surface area contributed by atoms with Crippen LogP contribution in [0.4, 0.5) is 0 Å². The van der Waals surface area contributed by atoms with Crippen molar-refractivity contribution in [2.24, 2.45) is 0 Å². The Bertz CT molecular complexity index is 304. The molecule has 0 aliphatic carbocycles. The second-order valence-electron chi connectivity index (χ2n) is 3.63. The smallest absolute Gasteiger partial charge is 0.0843 e. The second-order valence-corrected chi connectivity index (χ2v) is 6.94. The van der Waals surface area contributed by atoms with Crippen LogP contribution < -0.4 is 5.32 Å². The van der Waals surface area contributed by atoms with Gasteiger partial charge in [0.05, 0.1) is 10.4 Å². The molecule has 0 bridgehead atoms. The van der Waals surface area contributed by atoms with Gasteiger partial charge in [-0.3, -0.25) is 0 Å². The Balaban J connectivity index is 1.81. The Kier molecular flexibility index (Phi) is 4.64. The molecule has 1 atom stereocenters. The van der Waals surface area contributed by atoms with E-state index in [2.05, 4.69) is 43.2 Å². The highest BCUT2D eigenvalue weighted by atomic mass is 79.9. The first-order chi connectivity index (χ1) is 7.25. The molecule has 0 amide bonds. The van der Waals surface area contributed by atoms with Crippen molar-refractivity contribution in [3.05, 3.63) is 19.2 Å². The van der Waals surface area contributed by atoms with Gasteiger partial charge < -0.3 is 10.1 Å². The fraction of sp³-hybridized carbons (Fsp3) is 0.600. The molecule has 15 heavy (non-hydrogen) atoms. The van der Waals surface area contributed by atoms with Crippen molar-refractivity contribution >= 4 is 43.2 Å². The molecule has 0 aromatic carbocycles. The molecule has 0 radical (unpaired) electrons. The fourth-order valence-electron chi connectivity index (χ4n) is 1.63. The molecular formula is C10H13Br2NOS. The van der Waals surface area contributed by atoms with E-state index in [0.717, 1.165) is 24.2 Å². The summed E-state index contributed by atoms with van der Waals surface area (Å²) in [7, 11) is 0. The highest BCUT2D eigenvalue weighted by Crippen LogP contribution is 2.32. The molecule has 1 unspecified atom stereocenters. The molecule has 0 saturated carbocycles. The quantitative estimate of drug-likeness (QED) is 0.896. The Morgan fingerprint density at radius 1 is 1.53 bits per heavy atom. The lowest BCUT2D eigenvalue weighted by Gasteiger charge is -2.22. The van der Waals surface area contributed by atoms with Crippen LogP contribution in [-0.4, -0.2) is 19.3 Å². The van der Waals surface area contributed by atoms with E-state index in [1.807, 2.05) is 0 Å². The molecule has 2 rings (SSSR count). The highest BCUT2D eigenvalue weighted by Gasteiger charge is 2.13. The van der Waals surface area contributed by atoms with E-state index in [9.17, 15) is 0 Å². The summed E-state index contributed by atoms with van der Waals surface area (Å²) in [5, 5.41) is 3.52. The van der Waals surface area contributed by atoms with Gasteiger partial charge in [-0.2, -0.15) is 0 Å². The number of ether oxygens (including phenoxy) is 1. The largest absolute Gasteiger partial charge is 0.380 e. The lowest BCUT2D eigenvalue weighted by molar-refractivity contribution is 0.0700. The normalized spacial score (nSPS) is 21.9. The van der Waals surface area contributed by atoms with Gasteiger partial charge in [0.15, 0.2) is 0 Å². The third kappa shape index (κ3) is 3.53. The topological polar surface area (TPSA) is 21.3 Å². The van der Waals surface area contributed by atoms with Gasteiger partial charge in [0.25, 0.3) is 0 Å². The minimum absolute atomic E-state index is 0.526. The summed E-state index contributed by atoms with van der Waals surface area (Å²) in [6.45, 7) is 2.71. The first-order valence-electron chi connectivity index (χ1n) is 5.00. The zero-order valence-electron chi connectivity index (χ0n) is 8.26. The van der Waals surface area contributed by atoms with Gasteiger partial charge in [-0.15, -0.1) is 11.3 Å². The molecule has 5 heteroatoms. The molecule has 2 heterocycles. The average molecular weight is 355 g/mol. The Hall–Kier alpha value is 0.580. The van der Waals surface area contributed by atoms with Gasteiger partial charge >= 0.3 is 0 Å². The van der Waals surface area contributed by atoms with Crippen molar-refractivity contribution in [3.8, 4) is 0 Å². The van der Waals surface area contributed by atoms with Crippen molar-refractivity contribution in [3.63, 3.8) is 0 Å². The van der Waals surface area contributed by atoms with E-state index >= 15 is 0 Å². The van der Waals surface area contributed by atoms with E-state index in [-0.39, 0.29) is 0 Å². The first-order valence-corrected chi connectivity index (χ1v) is 7.41. The van der Waals surface area contributed by atoms with Gasteiger partial charge in [-0.1, -0.05) is 0 Å². The number of nitrogens with one attached hydrogen (secondary N) is 1. The predicted molar refractivity (Wildman–Crippen MR) is 70.4 cm³/mol. The molecule has 2 nitrogen and oxygen atoms in total. The van der Waals surface area contributed by atoms with Crippen molar-refractivity contribution in [1.29, 1.82) is 0 Å². The molecule has 1 N–H and O–H groups in total. The van der Waals surface area contributed by atoms with Crippen LogP contribution in [0.5, 0.6) is 0 Å². The maximum atomic E-state index is 5.42. The minimum atomic E-state index is 0.526. The van der Waals surface area contributed by atoms with E-state index in [1.54, 1.807) is 11.3 Å². The van der Waals surface area contributed by atoms with Gasteiger partial charge in [-0.25, -0.2) is 0 Å². The molecule has 1 fully saturated rings. The number of hydrogen-bond donors (Lipinski definition) is 1. The maximum absolute atomic E-state index is 5.42. The maximum Gasteiger partial charge on any atom is 0.0843 e. The molecule has 1 aliphatic heterocycles. The van der Waals surface area contributed by atoms with Gasteiger partial charge in [0.2, 0.25) is 0 Å². The average Bonchev–Trinajstić information content (AvgIpc) is 2.57. The molecule has 84 valence electrons. The van der Waals surface area contributed by atoms with E-state index in [4.69, 9.17) is 4.74 Å².